The standard InChI is InChI=1S/C13H13F3O2/c14-13(15,16)11(7-12(17)18)10-6-5-8-3-1-2-4-9(8)10/h1-4,10-11H,5-7H2,(H,17,18). The lowest BCUT2D eigenvalue weighted by Gasteiger charge is -2.25. The van der Waals surface area contributed by atoms with Gasteiger partial charge >= 0.3 is 12.1 Å². The summed E-state index contributed by atoms with van der Waals surface area (Å²) in [6.45, 7) is 0. The minimum atomic E-state index is -4.47. The summed E-state index contributed by atoms with van der Waals surface area (Å²) >= 11 is 0. The molecule has 1 aliphatic rings. The first-order valence-corrected chi connectivity index (χ1v) is 5.76. The van der Waals surface area contributed by atoms with Crippen LogP contribution in [0.25, 0.3) is 0 Å². The summed E-state index contributed by atoms with van der Waals surface area (Å²) in [6, 6.07) is 6.98. The first-order valence-electron chi connectivity index (χ1n) is 5.76. The molecule has 0 amide bonds. The zero-order valence-electron chi connectivity index (χ0n) is 9.57. The summed E-state index contributed by atoms with van der Waals surface area (Å²) < 4.78 is 38.9. The highest BCUT2D eigenvalue weighted by molar-refractivity contribution is 5.67. The maximum atomic E-state index is 13.0. The number of aliphatic carboxylic acids is 1. The third kappa shape index (κ3) is 2.49. The predicted molar refractivity (Wildman–Crippen MR) is 59.3 cm³/mol. The van der Waals surface area contributed by atoms with Crippen LogP contribution in [0, 0.1) is 5.92 Å². The number of hydrogen-bond donors (Lipinski definition) is 1. The van der Waals surface area contributed by atoms with Gasteiger partial charge in [-0.3, -0.25) is 4.79 Å². The molecular formula is C13H13F3O2. The van der Waals surface area contributed by atoms with Gasteiger partial charge in [-0.1, -0.05) is 24.3 Å². The van der Waals surface area contributed by atoms with Crippen molar-refractivity contribution in [3.8, 4) is 0 Å². The highest BCUT2D eigenvalue weighted by Gasteiger charge is 2.47. The molecule has 2 atom stereocenters. The van der Waals surface area contributed by atoms with Crippen molar-refractivity contribution >= 4 is 5.97 Å². The maximum absolute atomic E-state index is 13.0. The van der Waals surface area contributed by atoms with E-state index < -0.39 is 30.4 Å². The summed E-state index contributed by atoms with van der Waals surface area (Å²) in [5.41, 5.74) is 1.56. The van der Waals surface area contributed by atoms with Crippen LogP contribution in [0.2, 0.25) is 0 Å². The topological polar surface area (TPSA) is 37.3 Å². The summed E-state index contributed by atoms with van der Waals surface area (Å²) in [5.74, 6) is -3.92. The Morgan fingerprint density at radius 3 is 2.67 bits per heavy atom. The van der Waals surface area contributed by atoms with Gasteiger partial charge in [-0.15, -0.1) is 0 Å². The molecule has 0 saturated carbocycles. The molecule has 0 saturated heterocycles. The lowest BCUT2D eigenvalue weighted by molar-refractivity contribution is -0.188. The molecule has 0 aliphatic heterocycles. The number of rotatable bonds is 3. The van der Waals surface area contributed by atoms with Gasteiger partial charge in [0, 0.05) is 0 Å². The Labute approximate surface area is 102 Å². The quantitative estimate of drug-likeness (QED) is 0.902. The van der Waals surface area contributed by atoms with Gasteiger partial charge in [-0.25, -0.2) is 0 Å². The van der Waals surface area contributed by atoms with Crippen molar-refractivity contribution in [2.24, 2.45) is 5.92 Å². The van der Waals surface area contributed by atoms with Crippen LogP contribution in [-0.2, 0) is 11.2 Å². The third-order valence-electron chi connectivity index (χ3n) is 3.48. The molecule has 0 bridgehead atoms. The van der Waals surface area contributed by atoms with Crippen molar-refractivity contribution in [3.63, 3.8) is 0 Å². The Kier molecular flexibility index (Phi) is 3.32. The fourth-order valence-corrected chi connectivity index (χ4v) is 2.68. The lowest BCUT2D eigenvalue weighted by Crippen LogP contribution is -2.30. The van der Waals surface area contributed by atoms with Crippen molar-refractivity contribution in [1.82, 2.24) is 0 Å². The molecule has 0 heterocycles. The zero-order valence-corrected chi connectivity index (χ0v) is 9.57. The molecule has 2 nitrogen and oxygen atoms in total. The summed E-state index contributed by atoms with van der Waals surface area (Å²) in [6.07, 6.45) is -4.37. The molecule has 2 rings (SSSR count). The second kappa shape index (κ2) is 4.63. The maximum Gasteiger partial charge on any atom is 0.392 e. The number of benzene rings is 1. The number of carbonyl (C=O) groups is 1. The van der Waals surface area contributed by atoms with Crippen LogP contribution in [-0.4, -0.2) is 17.3 Å². The predicted octanol–water partition coefficient (Wildman–Crippen LogP) is 3.37. The van der Waals surface area contributed by atoms with Gasteiger partial charge in [0.05, 0.1) is 12.3 Å². The van der Waals surface area contributed by atoms with Gasteiger partial charge in [-0.2, -0.15) is 13.2 Å². The Morgan fingerprint density at radius 2 is 2.06 bits per heavy atom. The van der Waals surface area contributed by atoms with Gasteiger partial charge in [-0.05, 0) is 29.9 Å². The molecular weight excluding hydrogens is 245 g/mol. The third-order valence-corrected chi connectivity index (χ3v) is 3.48. The summed E-state index contributed by atoms with van der Waals surface area (Å²) in [5, 5.41) is 8.66. The second-order valence-corrected chi connectivity index (χ2v) is 4.59. The van der Waals surface area contributed by atoms with E-state index in [9.17, 15) is 18.0 Å². The Hall–Kier alpha value is -1.52. The molecule has 98 valence electrons. The number of alkyl halides is 3. The largest absolute Gasteiger partial charge is 0.481 e. The zero-order chi connectivity index (χ0) is 13.3. The van der Waals surface area contributed by atoms with E-state index >= 15 is 0 Å². The number of aryl methyl sites for hydroxylation is 1. The van der Waals surface area contributed by atoms with E-state index in [0.717, 1.165) is 5.56 Å². The van der Waals surface area contributed by atoms with Crippen LogP contribution in [0.5, 0.6) is 0 Å². The number of carboxylic acids is 1. The van der Waals surface area contributed by atoms with Crippen molar-refractivity contribution in [3.05, 3.63) is 35.4 Å². The molecule has 0 spiro atoms. The average Bonchev–Trinajstić information content (AvgIpc) is 2.67. The molecule has 2 unspecified atom stereocenters. The van der Waals surface area contributed by atoms with Crippen molar-refractivity contribution in [1.29, 1.82) is 0 Å². The Bertz CT molecular complexity index is 454. The van der Waals surface area contributed by atoms with Crippen molar-refractivity contribution in [2.45, 2.75) is 31.4 Å². The molecule has 1 N–H and O–H groups in total. The first-order chi connectivity index (χ1) is 8.39. The fourth-order valence-electron chi connectivity index (χ4n) is 2.68. The molecule has 0 aromatic heterocycles. The number of fused-ring (bicyclic) bond motifs is 1. The van der Waals surface area contributed by atoms with Crippen LogP contribution in [0.1, 0.15) is 29.9 Å². The number of halogens is 3. The minimum Gasteiger partial charge on any atom is -0.481 e. The fraction of sp³-hybridized carbons (Fsp3) is 0.462. The van der Waals surface area contributed by atoms with E-state index in [1.807, 2.05) is 6.07 Å². The normalized spacial score (nSPS) is 20.5. The number of carboxylic acid groups (broad SMARTS) is 1. The van der Waals surface area contributed by atoms with Gasteiger partial charge in [0.25, 0.3) is 0 Å². The molecule has 1 aliphatic carbocycles. The van der Waals surface area contributed by atoms with Gasteiger partial charge < -0.3 is 5.11 Å². The molecule has 0 fully saturated rings. The van der Waals surface area contributed by atoms with Crippen LogP contribution in [0.15, 0.2) is 24.3 Å². The number of hydrogen-bond acceptors (Lipinski definition) is 1. The van der Waals surface area contributed by atoms with E-state index in [4.69, 9.17) is 5.11 Å². The van der Waals surface area contributed by atoms with Gasteiger partial charge in [0.1, 0.15) is 0 Å². The average molecular weight is 258 g/mol. The molecule has 1 aromatic rings. The Balaban J connectivity index is 2.31. The van der Waals surface area contributed by atoms with E-state index in [-0.39, 0.29) is 0 Å². The van der Waals surface area contributed by atoms with Gasteiger partial charge in [0.15, 0.2) is 0 Å². The molecule has 0 radical (unpaired) electrons. The molecule has 5 heteroatoms. The first kappa shape index (κ1) is 12.9. The van der Waals surface area contributed by atoms with Crippen LogP contribution in [0.4, 0.5) is 13.2 Å². The highest BCUT2D eigenvalue weighted by atomic mass is 19.4. The van der Waals surface area contributed by atoms with E-state index in [2.05, 4.69) is 0 Å². The van der Waals surface area contributed by atoms with E-state index in [0.29, 0.717) is 18.4 Å². The van der Waals surface area contributed by atoms with E-state index in [1.165, 1.54) is 0 Å². The molecule has 18 heavy (non-hydrogen) atoms. The SMILES string of the molecule is O=C(O)CC(C1CCc2ccccc21)C(F)(F)F. The Morgan fingerprint density at radius 1 is 1.39 bits per heavy atom. The second-order valence-electron chi connectivity index (χ2n) is 4.59. The van der Waals surface area contributed by atoms with Crippen LogP contribution < -0.4 is 0 Å². The smallest absolute Gasteiger partial charge is 0.392 e. The minimum absolute atomic E-state index is 0.372. The van der Waals surface area contributed by atoms with Gasteiger partial charge in [0.2, 0.25) is 0 Å². The highest BCUT2D eigenvalue weighted by Crippen LogP contribution is 2.46. The van der Waals surface area contributed by atoms with Crippen molar-refractivity contribution in [2.75, 3.05) is 0 Å². The summed E-state index contributed by atoms with van der Waals surface area (Å²) in [4.78, 5) is 10.6. The van der Waals surface area contributed by atoms with E-state index in [1.54, 1.807) is 18.2 Å². The summed E-state index contributed by atoms with van der Waals surface area (Å²) in [7, 11) is 0. The lowest BCUT2D eigenvalue weighted by atomic mass is 9.84. The molecule has 1 aromatic carbocycles. The van der Waals surface area contributed by atoms with Crippen molar-refractivity contribution < 1.29 is 23.1 Å². The van der Waals surface area contributed by atoms with Crippen LogP contribution in [0.3, 0.4) is 0 Å². The van der Waals surface area contributed by atoms with Crippen LogP contribution >= 0.6 is 0 Å². The monoisotopic (exact) mass is 258 g/mol.